The van der Waals surface area contributed by atoms with E-state index in [1.165, 1.54) is 25.0 Å². The van der Waals surface area contributed by atoms with E-state index in [-0.39, 0.29) is 34.7 Å². The molecular formula is C34H34F4N4O4. The molecule has 0 spiro atoms. The van der Waals surface area contributed by atoms with Crippen molar-refractivity contribution in [2.24, 2.45) is 0 Å². The molecule has 0 amide bonds. The number of ether oxygens (including phenoxy) is 3. The fourth-order valence-corrected chi connectivity index (χ4v) is 4.99. The number of anilines is 2. The third kappa shape index (κ3) is 7.17. The van der Waals surface area contributed by atoms with Gasteiger partial charge in [-0.15, -0.1) is 0 Å². The molecule has 46 heavy (non-hydrogen) atoms. The summed E-state index contributed by atoms with van der Waals surface area (Å²) in [5.41, 5.74) is 0.0564. The zero-order valence-electron chi connectivity index (χ0n) is 26.0. The van der Waals surface area contributed by atoms with E-state index in [0.29, 0.717) is 35.8 Å². The maximum absolute atomic E-state index is 15.1. The average Bonchev–Trinajstić information content (AvgIpc) is 3.31. The Morgan fingerprint density at radius 3 is 2.33 bits per heavy atom. The van der Waals surface area contributed by atoms with E-state index < -0.39 is 28.9 Å². The lowest BCUT2D eigenvalue weighted by molar-refractivity contribution is -0.137. The van der Waals surface area contributed by atoms with Crippen molar-refractivity contribution in [1.29, 1.82) is 0 Å². The van der Waals surface area contributed by atoms with E-state index in [4.69, 9.17) is 14.2 Å². The number of nitrogens with one attached hydrogen (secondary N) is 1. The predicted molar refractivity (Wildman–Crippen MR) is 167 cm³/mol. The molecule has 2 heterocycles. The van der Waals surface area contributed by atoms with Crippen LogP contribution in [0.15, 0.2) is 66.9 Å². The van der Waals surface area contributed by atoms with Crippen LogP contribution < -0.4 is 14.8 Å². The molecule has 0 saturated carbocycles. The topological polar surface area (TPSA) is 90.7 Å². The van der Waals surface area contributed by atoms with Gasteiger partial charge in [-0.3, -0.25) is 0 Å². The molecule has 5 aromatic rings. The molecule has 12 heteroatoms. The van der Waals surface area contributed by atoms with Crippen molar-refractivity contribution in [3.05, 3.63) is 89.4 Å². The minimum Gasteiger partial charge on any atom is -0.497 e. The molecule has 2 aromatic heterocycles. The Morgan fingerprint density at radius 2 is 1.67 bits per heavy atom. The van der Waals surface area contributed by atoms with Crippen molar-refractivity contribution in [2.75, 3.05) is 26.1 Å². The summed E-state index contributed by atoms with van der Waals surface area (Å²) in [6, 6.07) is 15.2. The van der Waals surface area contributed by atoms with E-state index in [9.17, 15) is 18.3 Å². The molecule has 0 unspecified atom stereocenters. The quantitative estimate of drug-likeness (QED) is 0.149. The van der Waals surface area contributed by atoms with Crippen molar-refractivity contribution in [3.8, 4) is 28.8 Å². The van der Waals surface area contributed by atoms with Crippen LogP contribution in [0.2, 0.25) is 0 Å². The summed E-state index contributed by atoms with van der Waals surface area (Å²) in [6.07, 6.45) is -2.72. The zero-order chi connectivity index (χ0) is 33.2. The number of aromatic nitrogens is 3. The minimum atomic E-state index is -4.87. The summed E-state index contributed by atoms with van der Waals surface area (Å²) >= 11 is 0. The van der Waals surface area contributed by atoms with Crippen LogP contribution in [-0.4, -0.2) is 46.1 Å². The summed E-state index contributed by atoms with van der Waals surface area (Å²) in [4.78, 5) is 8.65. The van der Waals surface area contributed by atoms with Crippen LogP contribution in [0.1, 0.15) is 37.5 Å². The second-order valence-electron chi connectivity index (χ2n) is 11.6. The summed E-state index contributed by atoms with van der Waals surface area (Å²) in [7, 11) is 3.03. The second-order valence-corrected chi connectivity index (χ2v) is 11.6. The monoisotopic (exact) mass is 638 g/mol. The number of fused-ring (bicyclic) bond motifs is 1. The van der Waals surface area contributed by atoms with Gasteiger partial charge in [0.05, 0.1) is 49.6 Å². The number of hydrogen-bond donors (Lipinski definition) is 2. The highest BCUT2D eigenvalue weighted by Crippen LogP contribution is 2.41. The first-order valence-corrected chi connectivity index (χ1v) is 14.4. The zero-order valence-corrected chi connectivity index (χ0v) is 26.0. The first kappa shape index (κ1) is 32.6. The maximum atomic E-state index is 15.1. The smallest absolute Gasteiger partial charge is 0.417 e. The largest absolute Gasteiger partial charge is 0.497 e. The molecule has 0 aliphatic carbocycles. The van der Waals surface area contributed by atoms with E-state index in [1.807, 2.05) is 32.9 Å². The molecule has 5 rings (SSSR count). The molecule has 0 fully saturated rings. The van der Waals surface area contributed by atoms with Gasteiger partial charge in [-0.1, -0.05) is 18.2 Å². The number of methoxy groups -OCH3 is 2. The summed E-state index contributed by atoms with van der Waals surface area (Å²) in [5, 5.41) is 14.6. The normalized spacial score (nSPS) is 12.0. The number of rotatable bonds is 10. The maximum Gasteiger partial charge on any atom is 0.417 e. The molecule has 0 bridgehead atoms. The van der Waals surface area contributed by atoms with Gasteiger partial charge in [-0.2, -0.15) is 13.2 Å². The molecule has 3 aromatic carbocycles. The molecule has 0 saturated heterocycles. The van der Waals surface area contributed by atoms with Crippen molar-refractivity contribution >= 4 is 22.4 Å². The Bertz CT molecular complexity index is 1850. The van der Waals surface area contributed by atoms with Crippen molar-refractivity contribution in [3.63, 3.8) is 0 Å². The van der Waals surface area contributed by atoms with Gasteiger partial charge in [-0.05, 0) is 69.2 Å². The predicted octanol–water partition coefficient (Wildman–Crippen LogP) is 8.13. The summed E-state index contributed by atoms with van der Waals surface area (Å²) in [5.74, 6) is -0.803. The van der Waals surface area contributed by atoms with Crippen LogP contribution in [0.3, 0.4) is 0 Å². The van der Waals surface area contributed by atoms with E-state index >= 15 is 4.39 Å². The standard InChI is InChI=1S/C34H34F4N4O4/c1-33(2,3)46-16-15-20-9-12-22(13-10-20)39-31-29-26(40-30(41-31)28-24(34(36,37)38)7-6-8-25(28)35)19-42(32(29)43)18-21-11-14-23(44-4)17-27(21)45-5/h6-14,17,19,43H,15-16,18H2,1-5H3,(H,39,40,41). The lowest BCUT2D eigenvalue weighted by Gasteiger charge is -2.19. The van der Waals surface area contributed by atoms with Gasteiger partial charge in [0.1, 0.15) is 28.5 Å². The van der Waals surface area contributed by atoms with Gasteiger partial charge in [0.25, 0.3) is 0 Å². The molecule has 0 atom stereocenters. The van der Waals surface area contributed by atoms with Gasteiger partial charge in [-0.25, -0.2) is 14.4 Å². The van der Waals surface area contributed by atoms with Crippen molar-refractivity contribution in [1.82, 2.24) is 14.5 Å². The van der Waals surface area contributed by atoms with Crippen molar-refractivity contribution in [2.45, 2.75) is 45.5 Å². The lowest BCUT2D eigenvalue weighted by Crippen LogP contribution is -2.20. The minimum absolute atomic E-state index is 0.00172. The molecule has 242 valence electrons. The van der Waals surface area contributed by atoms with Crippen LogP contribution >= 0.6 is 0 Å². The number of benzene rings is 3. The molecule has 2 N–H and O–H groups in total. The van der Waals surface area contributed by atoms with E-state index in [1.54, 1.807) is 30.3 Å². The Morgan fingerprint density at radius 1 is 0.935 bits per heavy atom. The first-order chi connectivity index (χ1) is 21.8. The number of halogens is 4. The van der Waals surface area contributed by atoms with Crippen LogP contribution in [0.25, 0.3) is 22.3 Å². The highest BCUT2D eigenvalue weighted by molar-refractivity contribution is 5.97. The molecule has 0 radical (unpaired) electrons. The second kappa shape index (κ2) is 12.9. The summed E-state index contributed by atoms with van der Waals surface area (Å²) < 4.78 is 75.1. The van der Waals surface area contributed by atoms with E-state index in [0.717, 1.165) is 23.8 Å². The molecule has 0 aliphatic heterocycles. The van der Waals surface area contributed by atoms with E-state index in [2.05, 4.69) is 15.3 Å². The van der Waals surface area contributed by atoms with Gasteiger partial charge in [0, 0.05) is 23.5 Å². The highest BCUT2D eigenvalue weighted by atomic mass is 19.4. The molecule has 8 nitrogen and oxygen atoms in total. The van der Waals surface area contributed by atoms with Crippen molar-refractivity contribution < 1.29 is 36.9 Å². The SMILES string of the molecule is COc1ccc(Cn2cc3nc(-c4c(F)cccc4C(F)(F)F)nc(Nc4ccc(CCOC(C)(C)C)cc4)c3c2O)c(OC)c1. The van der Waals surface area contributed by atoms with Gasteiger partial charge in [0.2, 0.25) is 5.88 Å². The first-order valence-electron chi connectivity index (χ1n) is 14.4. The third-order valence-corrected chi connectivity index (χ3v) is 7.23. The Hall–Kier alpha value is -4.84. The third-order valence-electron chi connectivity index (χ3n) is 7.23. The Kier molecular flexibility index (Phi) is 9.11. The van der Waals surface area contributed by atoms with Crippen LogP contribution in [0.5, 0.6) is 17.4 Å². The fraction of sp³-hybridized carbons (Fsp3) is 0.294. The van der Waals surface area contributed by atoms with Gasteiger partial charge >= 0.3 is 6.18 Å². The fourth-order valence-electron chi connectivity index (χ4n) is 4.99. The number of hydrogen-bond acceptors (Lipinski definition) is 7. The van der Waals surface area contributed by atoms with Crippen LogP contribution in [0, 0.1) is 5.82 Å². The average molecular weight is 639 g/mol. The van der Waals surface area contributed by atoms with Crippen LogP contribution in [-0.2, 0) is 23.9 Å². The lowest BCUT2D eigenvalue weighted by atomic mass is 10.1. The Balaban J connectivity index is 1.59. The Labute approximate surface area is 263 Å². The number of alkyl halides is 3. The number of aromatic hydroxyl groups is 1. The van der Waals surface area contributed by atoms with Gasteiger partial charge < -0.3 is 29.2 Å². The number of nitrogens with zero attached hydrogens (tertiary/aromatic N) is 3. The van der Waals surface area contributed by atoms with Gasteiger partial charge in [0.15, 0.2) is 5.82 Å². The molecular weight excluding hydrogens is 604 g/mol. The van der Waals surface area contributed by atoms with Crippen LogP contribution in [0.4, 0.5) is 29.1 Å². The highest BCUT2D eigenvalue weighted by Gasteiger charge is 2.36. The molecule has 0 aliphatic rings. The summed E-state index contributed by atoms with van der Waals surface area (Å²) in [6.45, 7) is 6.57.